The van der Waals surface area contributed by atoms with E-state index in [2.05, 4.69) is 70.3 Å². The summed E-state index contributed by atoms with van der Waals surface area (Å²) < 4.78 is 11.8. The van der Waals surface area contributed by atoms with Crippen molar-refractivity contribution in [2.45, 2.75) is 13.2 Å². The average molecular weight is 410 g/mol. The minimum absolute atomic E-state index is 0.241. The number of benzene rings is 2. The Balaban J connectivity index is 1.47. The lowest BCUT2D eigenvalue weighted by atomic mass is 10.1. The van der Waals surface area contributed by atoms with Crippen LogP contribution in [0.5, 0.6) is 5.75 Å². The topological polar surface area (TPSA) is 64.3 Å². The molecule has 31 heavy (non-hydrogen) atoms. The second kappa shape index (κ2) is 9.70. The fourth-order valence-electron chi connectivity index (χ4n) is 2.98. The smallest absolute Gasteiger partial charge is 0.294 e. The van der Waals surface area contributed by atoms with E-state index in [0.717, 1.165) is 23.2 Å². The predicted molar refractivity (Wildman–Crippen MR) is 118 cm³/mol. The molecule has 6 heteroatoms. The van der Waals surface area contributed by atoms with Gasteiger partial charge in [-0.25, -0.2) is 0 Å². The molecule has 0 N–H and O–H groups in total. The first-order chi connectivity index (χ1) is 15.2. The van der Waals surface area contributed by atoms with Crippen molar-refractivity contribution in [1.29, 1.82) is 0 Å². The lowest BCUT2D eigenvalue weighted by Crippen LogP contribution is -2.10. The van der Waals surface area contributed by atoms with Crippen LogP contribution in [0, 0.1) is 11.8 Å². The third-order valence-corrected chi connectivity index (χ3v) is 4.43. The number of nitrogens with zero attached hydrogens (tertiary/aromatic N) is 4. The van der Waals surface area contributed by atoms with E-state index in [1.165, 1.54) is 5.56 Å². The molecule has 6 nitrogen and oxygen atoms in total. The molecule has 0 fully saturated rings. The van der Waals surface area contributed by atoms with Crippen molar-refractivity contribution in [1.82, 2.24) is 20.1 Å². The molecule has 0 radical (unpaired) electrons. The highest BCUT2D eigenvalue weighted by atomic mass is 16.5. The van der Waals surface area contributed by atoms with E-state index in [4.69, 9.17) is 9.15 Å². The molecule has 2 aromatic heterocycles. The number of hydrogen-bond acceptors (Lipinski definition) is 6. The van der Waals surface area contributed by atoms with E-state index in [1.54, 1.807) is 12.4 Å². The molecule has 0 aliphatic carbocycles. The molecular weight excluding hydrogens is 388 g/mol. The van der Waals surface area contributed by atoms with Crippen LogP contribution in [0.3, 0.4) is 0 Å². The minimum Gasteiger partial charge on any atom is -0.488 e. The van der Waals surface area contributed by atoms with Crippen LogP contribution in [0.15, 0.2) is 77.5 Å². The maximum atomic E-state index is 6.05. The van der Waals surface area contributed by atoms with Gasteiger partial charge in [0.15, 0.2) is 0 Å². The largest absolute Gasteiger partial charge is 0.488 e. The van der Waals surface area contributed by atoms with Crippen molar-refractivity contribution in [2.24, 2.45) is 0 Å². The number of hydrogen-bond donors (Lipinski definition) is 0. The molecule has 4 rings (SSSR count). The molecule has 0 unspecified atom stereocenters. The highest BCUT2D eigenvalue weighted by molar-refractivity contribution is 5.62. The normalized spacial score (nSPS) is 10.5. The van der Waals surface area contributed by atoms with Crippen LogP contribution in [0.4, 0.5) is 0 Å². The Morgan fingerprint density at radius 2 is 1.71 bits per heavy atom. The van der Waals surface area contributed by atoms with Crippen LogP contribution in [0.25, 0.3) is 11.5 Å². The maximum Gasteiger partial charge on any atom is 0.294 e. The second-order valence-corrected chi connectivity index (χ2v) is 7.24. The highest BCUT2D eigenvalue weighted by Crippen LogP contribution is 2.29. The molecule has 0 aliphatic rings. The first-order valence-corrected chi connectivity index (χ1v) is 9.88. The van der Waals surface area contributed by atoms with E-state index in [9.17, 15) is 0 Å². The summed E-state index contributed by atoms with van der Waals surface area (Å²) in [6, 6.07) is 19.7. The van der Waals surface area contributed by atoms with Crippen molar-refractivity contribution in [3.05, 3.63) is 95.6 Å². The summed E-state index contributed by atoms with van der Waals surface area (Å²) in [6.45, 7) is 1.36. The van der Waals surface area contributed by atoms with Crippen molar-refractivity contribution >= 4 is 0 Å². The molecular formula is C25H22N4O2. The first-order valence-electron chi connectivity index (χ1n) is 9.88. The Bertz CT molecular complexity index is 1190. The van der Waals surface area contributed by atoms with Gasteiger partial charge in [0, 0.05) is 24.5 Å². The fraction of sp³-hybridized carbons (Fsp3) is 0.160. The van der Waals surface area contributed by atoms with Crippen molar-refractivity contribution in [2.75, 3.05) is 14.1 Å². The zero-order valence-electron chi connectivity index (χ0n) is 17.4. The lowest BCUT2D eigenvalue weighted by molar-refractivity contribution is 0.306. The SMILES string of the molecule is CN(C)Cc1ccc(COc2ccccc2-c2nnc(C#Cc3cccnc3)o2)cc1. The van der Waals surface area contributed by atoms with Gasteiger partial charge >= 0.3 is 0 Å². The van der Waals surface area contributed by atoms with E-state index < -0.39 is 0 Å². The monoisotopic (exact) mass is 410 g/mol. The van der Waals surface area contributed by atoms with Crippen LogP contribution < -0.4 is 4.74 Å². The van der Waals surface area contributed by atoms with Gasteiger partial charge in [-0.05, 0) is 55.4 Å². The second-order valence-electron chi connectivity index (χ2n) is 7.24. The van der Waals surface area contributed by atoms with Crippen molar-refractivity contribution in [3.8, 4) is 29.0 Å². The molecule has 0 amide bonds. The zero-order chi connectivity index (χ0) is 21.5. The standard InChI is InChI=1S/C25H22N4O2/c1-29(2)17-20-9-11-21(12-10-20)18-30-23-8-4-3-7-22(23)25-28-27-24(31-25)14-13-19-6-5-15-26-16-19/h3-12,15-16H,17-18H2,1-2H3. The van der Waals surface area contributed by atoms with Crippen LogP contribution in [-0.2, 0) is 13.2 Å². The third-order valence-electron chi connectivity index (χ3n) is 4.43. The molecule has 0 atom stereocenters. The summed E-state index contributed by atoms with van der Waals surface area (Å²) in [4.78, 5) is 6.18. The van der Waals surface area contributed by atoms with E-state index in [1.807, 2.05) is 36.4 Å². The van der Waals surface area contributed by atoms with Gasteiger partial charge in [-0.3, -0.25) is 4.98 Å². The van der Waals surface area contributed by atoms with Gasteiger partial charge in [-0.2, -0.15) is 0 Å². The molecule has 154 valence electrons. The molecule has 0 bridgehead atoms. The predicted octanol–water partition coefficient (Wildman–Crippen LogP) is 4.17. The highest BCUT2D eigenvalue weighted by Gasteiger charge is 2.13. The Morgan fingerprint density at radius 1 is 0.903 bits per heavy atom. The van der Waals surface area contributed by atoms with Crippen molar-refractivity contribution in [3.63, 3.8) is 0 Å². The van der Waals surface area contributed by atoms with Crippen LogP contribution >= 0.6 is 0 Å². The number of rotatable bonds is 6. The summed E-state index contributed by atoms with van der Waals surface area (Å²) in [5.41, 5.74) is 3.86. The quantitative estimate of drug-likeness (QED) is 0.445. The number of aromatic nitrogens is 3. The third kappa shape index (κ3) is 5.56. The average Bonchev–Trinajstić information content (AvgIpc) is 3.27. The van der Waals surface area contributed by atoms with Gasteiger partial charge in [0.1, 0.15) is 12.4 Å². The summed E-state index contributed by atoms with van der Waals surface area (Å²) in [5, 5.41) is 8.16. The molecule has 0 saturated heterocycles. The van der Waals surface area contributed by atoms with Gasteiger partial charge in [0.2, 0.25) is 0 Å². The molecule has 4 aromatic rings. The summed E-state index contributed by atoms with van der Waals surface area (Å²) in [7, 11) is 4.11. The fourth-order valence-corrected chi connectivity index (χ4v) is 2.98. The maximum absolute atomic E-state index is 6.05. The minimum atomic E-state index is 0.241. The lowest BCUT2D eigenvalue weighted by Gasteiger charge is -2.11. The number of para-hydroxylation sites is 1. The number of ether oxygens (including phenoxy) is 1. The van der Waals surface area contributed by atoms with E-state index >= 15 is 0 Å². The van der Waals surface area contributed by atoms with Gasteiger partial charge in [-0.15, -0.1) is 5.10 Å². The Kier molecular flexibility index (Phi) is 6.36. The molecule has 0 spiro atoms. The Labute approximate surface area is 181 Å². The molecule has 0 saturated carbocycles. The summed E-state index contributed by atoms with van der Waals surface area (Å²) in [6.07, 6.45) is 3.38. The first kappa shape index (κ1) is 20.3. The number of pyridine rings is 1. The van der Waals surface area contributed by atoms with E-state index in [0.29, 0.717) is 18.2 Å². The molecule has 2 heterocycles. The summed E-state index contributed by atoms with van der Waals surface area (Å²) in [5.74, 6) is 7.12. The van der Waals surface area contributed by atoms with Crippen LogP contribution in [0.1, 0.15) is 22.6 Å². The van der Waals surface area contributed by atoms with E-state index in [-0.39, 0.29) is 5.89 Å². The summed E-state index contributed by atoms with van der Waals surface area (Å²) >= 11 is 0. The van der Waals surface area contributed by atoms with Gasteiger partial charge in [0.05, 0.1) is 5.56 Å². The van der Waals surface area contributed by atoms with Crippen LogP contribution in [-0.4, -0.2) is 34.2 Å². The molecule has 0 aliphatic heterocycles. The zero-order valence-corrected chi connectivity index (χ0v) is 17.4. The Hall–Kier alpha value is -3.95. The van der Waals surface area contributed by atoms with Crippen molar-refractivity contribution < 1.29 is 9.15 Å². The van der Waals surface area contributed by atoms with Crippen LogP contribution in [0.2, 0.25) is 0 Å². The van der Waals surface area contributed by atoms with Gasteiger partial charge < -0.3 is 14.1 Å². The van der Waals surface area contributed by atoms with Gasteiger partial charge in [0.25, 0.3) is 11.8 Å². The van der Waals surface area contributed by atoms with Gasteiger partial charge in [-0.1, -0.05) is 47.4 Å². The molecule has 2 aromatic carbocycles. The Morgan fingerprint density at radius 3 is 2.48 bits per heavy atom.